The molecule has 24 heavy (non-hydrogen) atoms. The van der Waals surface area contributed by atoms with Crippen LogP contribution < -0.4 is 0 Å². The molecule has 2 aromatic rings. The molecule has 6 heteroatoms. The minimum Gasteiger partial charge on any atom is -0.341 e. The summed E-state index contributed by atoms with van der Waals surface area (Å²) in [5, 5.41) is 0.983. The molecule has 2 aromatic carbocycles. The van der Waals surface area contributed by atoms with Crippen LogP contribution in [0.25, 0.3) is 0 Å². The molecule has 0 atom stereocenters. The number of rotatable bonds is 7. The van der Waals surface area contributed by atoms with Crippen molar-refractivity contribution in [2.45, 2.75) is 24.3 Å². The van der Waals surface area contributed by atoms with E-state index >= 15 is 0 Å². The number of thioether (sulfide) groups is 1. The lowest BCUT2D eigenvalue weighted by atomic mass is 10.2. The Morgan fingerprint density at radius 1 is 1.17 bits per heavy atom. The lowest BCUT2D eigenvalue weighted by Gasteiger charge is -2.18. The van der Waals surface area contributed by atoms with Gasteiger partial charge < -0.3 is 4.90 Å². The summed E-state index contributed by atoms with van der Waals surface area (Å²) in [4.78, 5) is 14.8. The third-order valence-electron chi connectivity index (χ3n) is 3.48. The van der Waals surface area contributed by atoms with Gasteiger partial charge >= 0.3 is 0 Å². The zero-order valence-corrected chi connectivity index (χ0v) is 15.6. The van der Waals surface area contributed by atoms with Crippen LogP contribution in [0.2, 0.25) is 10.0 Å². The molecule has 0 bridgehead atoms. The Hall–Kier alpha value is -1.23. The number of hydrogen-bond donors (Lipinski definition) is 0. The summed E-state index contributed by atoms with van der Waals surface area (Å²) in [5.41, 5.74) is 0.834. The molecule has 0 N–H and O–H groups in total. The van der Waals surface area contributed by atoms with E-state index in [1.54, 1.807) is 41.9 Å². The van der Waals surface area contributed by atoms with Gasteiger partial charge in [-0.2, -0.15) is 0 Å². The second kappa shape index (κ2) is 9.30. The molecule has 0 saturated heterocycles. The highest BCUT2D eigenvalue weighted by Gasteiger charge is 2.12. The van der Waals surface area contributed by atoms with Gasteiger partial charge in [0.2, 0.25) is 5.91 Å². The van der Waals surface area contributed by atoms with Gasteiger partial charge in [0.05, 0.1) is 10.0 Å². The summed E-state index contributed by atoms with van der Waals surface area (Å²) >= 11 is 13.7. The first-order chi connectivity index (χ1) is 11.5. The van der Waals surface area contributed by atoms with Crippen molar-refractivity contribution in [1.29, 1.82) is 0 Å². The highest BCUT2D eigenvalue weighted by Crippen LogP contribution is 2.26. The molecule has 0 spiro atoms. The predicted octanol–water partition coefficient (Wildman–Crippen LogP) is 5.66. The van der Waals surface area contributed by atoms with E-state index in [-0.39, 0.29) is 11.7 Å². The third kappa shape index (κ3) is 5.69. The van der Waals surface area contributed by atoms with Gasteiger partial charge in [0.1, 0.15) is 5.82 Å². The quantitative estimate of drug-likeness (QED) is 0.452. The van der Waals surface area contributed by atoms with Crippen LogP contribution >= 0.6 is 35.0 Å². The van der Waals surface area contributed by atoms with Gasteiger partial charge in [-0.1, -0.05) is 35.3 Å². The number of benzene rings is 2. The molecule has 2 rings (SSSR count). The summed E-state index contributed by atoms with van der Waals surface area (Å²) in [7, 11) is 1.76. The monoisotopic (exact) mass is 385 g/mol. The Morgan fingerprint density at radius 3 is 2.58 bits per heavy atom. The molecular weight excluding hydrogens is 368 g/mol. The average molecular weight is 386 g/mol. The van der Waals surface area contributed by atoms with Crippen LogP contribution in [0.5, 0.6) is 0 Å². The van der Waals surface area contributed by atoms with E-state index in [0.29, 0.717) is 23.0 Å². The van der Waals surface area contributed by atoms with Gasteiger partial charge in [-0.25, -0.2) is 4.39 Å². The van der Waals surface area contributed by atoms with E-state index in [4.69, 9.17) is 23.2 Å². The molecule has 0 aliphatic carbocycles. The second-order valence-electron chi connectivity index (χ2n) is 5.37. The van der Waals surface area contributed by atoms with Crippen LogP contribution in [0.3, 0.4) is 0 Å². The van der Waals surface area contributed by atoms with E-state index < -0.39 is 0 Å². The Labute approximate surface area is 155 Å². The second-order valence-corrected chi connectivity index (χ2v) is 7.32. The van der Waals surface area contributed by atoms with E-state index in [1.807, 2.05) is 12.1 Å². The van der Waals surface area contributed by atoms with E-state index in [1.165, 1.54) is 12.1 Å². The first kappa shape index (κ1) is 19.1. The van der Waals surface area contributed by atoms with E-state index in [2.05, 4.69) is 0 Å². The zero-order chi connectivity index (χ0) is 17.5. The van der Waals surface area contributed by atoms with Gasteiger partial charge in [0.15, 0.2) is 0 Å². The molecule has 0 aromatic heterocycles. The molecule has 0 aliphatic rings. The fraction of sp³-hybridized carbons (Fsp3) is 0.278. The summed E-state index contributed by atoms with van der Waals surface area (Å²) < 4.78 is 12.8. The molecule has 128 valence electrons. The third-order valence-corrected chi connectivity index (χ3v) is 5.44. The first-order valence-electron chi connectivity index (χ1n) is 7.52. The molecule has 0 saturated carbocycles. The van der Waals surface area contributed by atoms with Crippen molar-refractivity contribution in [2.24, 2.45) is 0 Å². The Kier molecular flexibility index (Phi) is 7.40. The van der Waals surface area contributed by atoms with Gasteiger partial charge in [0.25, 0.3) is 0 Å². The fourth-order valence-electron chi connectivity index (χ4n) is 2.15. The smallest absolute Gasteiger partial charge is 0.222 e. The largest absolute Gasteiger partial charge is 0.341 e. The summed E-state index contributed by atoms with van der Waals surface area (Å²) in [6, 6.07) is 11.8. The molecule has 0 fully saturated rings. The minimum atomic E-state index is -0.240. The first-order valence-corrected chi connectivity index (χ1v) is 9.26. The average Bonchev–Trinajstić information content (AvgIpc) is 2.57. The lowest BCUT2D eigenvalue weighted by Crippen LogP contribution is -2.26. The number of nitrogens with zero attached hydrogens (tertiary/aromatic N) is 1. The summed E-state index contributed by atoms with van der Waals surface area (Å²) in [5.74, 6) is 0.630. The maximum absolute atomic E-state index is 12.8. The zero-order valence-electron chi connectivity index (χ0n) is 13.3. The van der Waals surface area contributed by atoms with Crippen molar-refractivity contribution in [1.82, 2.24) is 4.90 Å². The number of carbonyl (C=O) groups is 1. The van der Waals surface area contributed by atoms with Gasteiger partial charge in [-0.3, -0.25) is 4.79 Å². The fourth-order valence-corrected chi connectivity index (χ4v) is 3.38. The van der Waals surface area contributed by atoms with Crippen molar-refractivity contribution in [3.05, 3.63) is 63.9 Å². The number of carbonyl (C=O) groups excluding carboxylic acids is 1. The summed E-state index contributed by atoms with van der Waals surface area (Å²) in [6.07, 6.45) is 1.22. The molecule has 2 nitrogen and oxygen atoms in total. The lowest BCUT2D eigenvalue weighted by molar-refractivity contribution is -0.130. The van der Waals surface area contributed by atoms with Crippen LogP contribution in [-0.4, -0.2) is 23.6 Å². The topological polar surface area (TPSA) is 20.3 Å². The number of halogens is 3. The molecule has 0 radical (unpaired) electrons. The van der Waals surface area contributed by atoms with Crippen molar-refractivity contribution in [2.75, 3.05) is 12.8 Å². The normalized spacial score (nSPS) is 10.7. The standard InChI is InChI=1S/C18H18Cl2FNOS/c1-22(12-13-4-2-5-16(19)18(13)20)17(23)6-3-11-24-15-9-7-14(21)8-10-15/h2,4-5,7-10H,3,6,11-12H2,1H3. The van der Waals surface area contributed by atoms with Crippen LogP contribution in [0.15, 0.2) is 47.4 Å². The molecule has 0 heterocycles. The van der Waals surface area contributed by atoms with Gasteiger partial charge in [-0.05, 0) is 48.1 Å². The maximum Gasteiger partial charge on any atom is 0.222 e. The highest BCUT2D eigenvalue weighted by molar-refractivity contribution is 7.99. The number of hydrogen-bond acceptors (Lipinski definition) is 2. The Balaban J connectivity index is 1.75. The maximum atomic E-state index is 12.8. The predicted molar refractivity (Wildman–Crippen MR) is 99.3 cm³/mol. The molecule has 1 amide bonds. The van der Waals surface area contributed by atoms with Crippen molar-refractivity contribution in [3.63, 3.8) is 0 Å². The van der Waals surface area contributed by atoms with E-state index in [9.17, 15) is 9.18 Å². The van der Waals surface area contributed by atoms with Crippen LogP contribution in [0.4, 0.5) is 4.39 Å². The van der Waals surface area contributed by atoms with Crippen LogP contribution in [0, 0.1) is 5.82 Å². The Bertz CT molecular complexity index is 694. The van der Waals surface area contributed by atoms with E-state index in [0.717, 1.165) is 22.6 Å². The van der Waals surface area contributed by atoms with Crippen molar-refractivity contribution in [3.8, 4) is 0 Å². The molecule has 0 aliphatic heterocycles. The van der Waals surface area contributed by atoms with Crippen LogP contribution in [0.1, 0.15) is 18.4 Å². The van der Waals surface area contributed by atoms with Crippen LogP contribution in [-0.2, 0) is 11.3 Å². The number of amides is 1. The van der Waals surface area contributed by atoms with Gasteiger partial charge in [-0.15, -0.1) is 11.8 Å². The Morgan fingerprint density at radius 2 is 1.88 bits per heavy atom. The minimum absolute atomic E-state index is 0.0609. The summed E-state index contributed by atoms with van der Waals surface area (Å²) in [6.45, 7) is 0.434. The SMILES string of the molecule is CN(Cc1cccc(Cl)c1Cl)C(=O)CCCSc1ccc(F)cc1. The van der Waals surface area contributed by atoms with Gasteiger partial charge in [0, 0.05) is 24.9 Å². The molecular formula is C18H18Cl2FNOS. The highest BCUT2D eigenvalue weighted by atomic mass is 35.5. The van der Waals surface area contributed by atoms with Crippen molar-refractivity contribution < 1.29 is 9.18 Å². The van der Waals surface area contributed by atoms with Crippen molar-refractivity contribution >= 4 is 40.9 Å². The molecule has 0 unspecified atom stereocenters.